The Morgan fingerprint density at radius 1 is 1.57 bits per heavy atom. The van der Waals surface area contributed by atoms with Crippen molar-refractivity contribution in [2.45, 2.75) is 23.5 Å². The molecule has 3 fully saturated rings. The van der Waals surface area contributed by atoms with Crippen LogP contribution in [0.2, 0.25) is 0 Å². The Morgan fingerprint density at radius 3 is 3.21 bits per heavy atom. The van der Waals surface area contributed by atoms with Crippen LogP contribution in [0.1, 0.15) is 6.42 Å². The lowest BCUT2D eigenvalue weighted by molar-refractivity contribution is 0.0694. The lowest BCUT2D eigenvalue weighted by Crippen LogP contribution is -2.43. The molecule has 76 valence electrons. The minimum atomic E-state index is 0.0521. The first-order valence-corrected chi connectivity index (χ1v) is 6.29. The summed E-state index contributed by atoms with van der Waals surface area (Å²) in [6.07, 6.45) is 6.37. The SMILES string of the molecule is OC[C@]12C=C[C@H]3OC4C(Br)C1CC4C32. The second-order valence-corrected chi connectivity index (χ2v) is 6.23. The van der Waals surface area contributed by atoms with Crippen LogP contribution in [0.15, 0.2) is 12.2 Å². The first-order chi connectivity index (χ1) is 6.78. The second-order valence-electron chi connectivity index (χ2n) is 5.17. The zero-order valence-electron chi connectivity index (χ0n) is 7.77. The zero-order chi connectivity index (χ0) is 9.50. The molecule has 7 atom stereocenters. The number of aliphatic hydroxyl groups is 1. The van der Waals surface area contributed by atoms with Gasteiger partial charge in [0.05, 0.1) is 18.8 Å². The molecule has 1 aliphatic heterocycles. The van der Waals surface area contributed by atoms with Gasteiger partial charge >= 0.3 is 0 Å². The van der Waals surface area contributed by atoms with Crippen molar-refractivity contribution in [2.75, 3.05) is 6.61 Å². The molecule has 0 spiro atoms. The van der Waals surface area contributed by atoms with E-state index in [0.717, 1.165) is 0 Å². The number of halogens is 1. The van der Waals surface area contributed by atoms with E-state index in [-0.39, 0.29) is 5.41 Å². The standard InChI is InChI=1S/C11H13BrO2/c12-9-6-3-5-8-7(14-10(5)9)1-2-11(6,8)4-13/h1-2,5-10,13H,3-4H2/t5?,6?,7-,8?,9?,10?,11-/m1/s1. The van der Waals surface area contributed by atoms with E-state index in [0.29, 0.717) is 41.4 Å². The smallest absolute Gasteiger partial charge is 0.0801 e. The predicted molar refractivity (Wildman–Crippen MR) is 55.1 cm³/mol. The van der Waals surface area contributed by atoms with E-state index in [1.165, 1.54) is 6.42 Å². The van der Waals surface area contributed by atoms with Crippen LogP contribution in [-0.2, 0) is 4.74 Å². The Kier molecular flexibility index (Phi) is 1.35. The summed E-state index contributed by atoms with van der Waals surface area (Å²) in [5, 5.41) is 9.68. The van der Waals surface area contributed by atoms with Crippen LogP contribution in [0, 0.1) is 23.2 Å². The van der Waals surface area contributed by atoms with E-state index in [1.54, 1.807) is 0 Å². The van der Waals surface area contributed by atoms with Crippen molar-refractivity contribution in [1.29, 1.82) is 0 Å². The number of ether oxygens (including phenoxy) is 1. The highest BCUT2D eigenvalue weighted by Gasteiger charge is 2.71. The molecule has 3 heteroatoms. The third kappa shape index (κ3) is 0.624. The monoisotopic (exact) mass is 256 g/mol. The summed E-state index contributed by atoms with van der Waals surface area (Å²) in [5.74, 6) is 1.86. The van der Waals surface area contributed by atoms with Gasteiger partial charge in [0.1, 0.15) is 0 Å². The maximum absolute atomic E-state index is 9.68. The van der Waals surface area contributed by atoms with Gasteiger partial charge in [-0.1, -0.05) is 28.1 Å². The van der Waals surface area contributed by atoms with Gasteiger partial charge in [-0.3, -0.25) is 0 Å². The molecule has 3 aliphatic carbocycles. The van der Waals surface area contributed by atoms with Crippen LogP contribution in [0.3, 0.4) is 0 Å². The number of rotatable bonds is 1. The van der Waals surface area contributed by atoms with E-state index < -0.39 is 0 Å². The van der Waals surface area contributed by atoms with E-state index >= 15 is 0 Å². The van der Waals surface area contributed by atoms with Gasteiger partial charge in [-0.25, -0.2) is 0 Å². The average Bonchev–Trinajstić information content (AvgIpc) is 2.83. The van der Waals surface area contributed by atoms with Crippen LogP contribution in [0.25, 0.3) is 0 Å². The van der Waals surface area contributed by atoms with Crippen LogP contribution in [0.5, 0.6) is 0 Å². The van der Waals surface area contributed by atoms with E-state index in [1.807, 2.05) is 0 Å². The van der Waals surface area contributed by atoms with Crippen molar-refractivity contribution in [3.63, 3.8) is 0 Å². The Morgan fingerprint density at radius 2 is 2.43 bits per heavy atom. The van der Waals surface area contributed by atoms with Crippen molar-refractivity contribution in [2.24, 2.45) is 23.2 Å². The van der Waals surface area contributed by atoms with Crippen molar-refractivity contribution in [3.05, 3.63) is 12.2 Å². The molecular weight excluding hydrogens is 244 g/mol. The number of hydrogen-bond acceptors (Lipinski definition) is 2. The zero-order valence-corrected chi connectivity index (χ0v) is 9.35. The summed E-state index contributed by atoms with van der Waals surface area (Å²) in [6.45, 7) is 0.296. The van der Waals surface area contributed by atoms with Crippen LogP contribution in [0.4, 0.5) is 0 Å². The molecule has 1 saturated heterocycles. The summed E-state index contributed by atoms with van der Waals surface area (Å²) < 4.78 is 6.02. The molecule has 0 aromatic carbocycles. The minimum Gasteiger partial charge on any atom is -0.395 e. The van der Waals surface area contributed by atoms with Crippen LogP contribution < -0.4 is 0 Å². The van der Waals surface area contributed by atoms with Gasteiger partial charge in [0.25, 0.3) is 0 Å². The highest BCUT2D eigenvalue weighted by atomic mass is 79.9. The third-order valence-electron chi connectivity index (χ3n) is 4.96. The van der Waals surface area contributed by atoms with E-state index in [2.05, 4.69) is 28.1 Å². The number of aliphatic hydroxyl groups excluding tert-OH is 1. The molecule has 0 aromatic rings. The van der Waals surface area contributed by atoms with Crippen LogP contribution in [-0.4, -0.2) is 28.7 Å². The fraction of sp³-hybridized carbons (Fsp3) is 0.818. The molecule has 0 aromatic heterocycles. The highest BCUT2D eigenvalue weighted by Crippen LogP contribution is 2.69. The molecule has 0 radical (unpaired) electrons. The van der Waals surface area contributed by atoms with E-state index in [9.17, 15) is 5.11 Å². The molecule has 5 unspecified atom stereocenters. The Labute approximate surface area is 91.5 Å². The van der Waals surface area contributed by atoms with Gasteiger partial charge < -0.3 is 9.84 Å². The lowest BCUT2D eigenvalue weighted by Gasteiger charge is -2.38. The first-order valence-electron chi connectivity index (χ1n) is 5.38. The number of alkyl halides is 1. The Bertz CT molecular complexity index is 329. The van der Waals surface area contributed by atoms with E-state index in [4.69, 9.17) is 4.74 Å². The molecule has 0 amide bonds. The topological polar surface area (TPSA) is 29.5 Å². The number of fused-ring (bicyclic) bond motifs is 2. The fourth-order valence-electron chi connectivity index (χ4n) is 4.48. The van der Waals surface area contributed by atoms with Crippen molar-refractivity contribution in [1.82, 2.24) is 0 Å². The van der Waals surface area contributed by atoms with Gasteiger partial charge in [-0.05, 0) is 18.3 Å². The minimum absolute atomic E-state index is 0.0521. The Balaban J connectivity index is 1.92. The second kappa shape index (κ2) is 2.28. The average molecular weight is 257 g/mol. The normalized spacial score (nSPS) is 67.0. The fourth-order valence-corrected chi connectivity index (χ4v) is 5.70. The largest absolute Gasteiger partial charge is 0.395 e. The third-order valence-corrected chi connectivity index (χ3v) is 6.12. The van der Waals surface area contributed by atoms with Gasteiger partial charge in [-0.15, -0.1) is 0 Å². The molecule has 4 rings (SSSR count). The predicted octanol–water partition coefficient (Wildman–Crippen LogP) is 1.33. The first kappa shape index (κ1) is 8.31. The van der Waals surface area contributed by atoms with Crippen molar-refractivity contribution >= 4 is 15.9 Å². The van der Waals surface area contributed by atoms with Gasteiger partial charge in [0, 0.05) is 16.2 Å². The summed E-state index contributed by atoms with van der Waals surface area (Å²) in [5.41, 5.74) is 0.0521. The van der Waals surface area contributed by atoms with Crippen molar-refractivity contribution in [3.8, 4) is 0 Å². The summed E-state index contributed by atoms with van der Waals surface area (Å²) >= 11 is 3.76. The summed E-state index contributed by atoms with van der Waals surface area (Å²) in [4.78, 5) is 0.464. The molecule has 4 aliphatic rings. The maximum atomic E-state index is 9.68. The highest BCUT2D eigenvalue weighted by molar-refractivity contribution is 9.09. The van der Waals surface area contributed by atoms with Gasteiger partial charge in [-0.2, -0.15) is 0 Å². The Hall–Kier alpha value is 0.140. The summed E-state index contributed by atoms with van der Waals surface area (Å²) in [7, 11) is 0. The van der Waals surface area contributed by atoms with Gasteiger partial charge in [0.2, 0.25) is 0 Å². The lowest BCUT2D eigenvalue weighted by atomic mass is 9.68. The molecule has 2 bridgehead atoms. The van der Waals surface area contributed by atoms with Gasteiger partial charge in [0.15, 0.2) is 0 Å². The maximum Gasteiger partial charge on any atom is 0.0801 e. The quantitative estimate of drug-likeness (QED) is 0.567. The summed E-state index contributed by atoms with van der Waals surface area (Å²) in [6, 6.07) is 0. The van der Waals surface area contributed by atoms with Crippen molar-refractivity contribution < 1.29 is 9.84 Å². The number of hydrogen-bond donors (Lipinski definition) is 1. The molecule has 2 nitrogen and oxygen atoms in total. The molecule has 14 heavy (non-hydrogen) atoms. The molecule has 1 heterocycles. The van der Waals surface area contributed by atoms with Crippen LogP contribution >= 0.6 is 15.9 Å². The molecule has 1 N–H and O–H groups in total. The molecule has 2 saturated carbocycles. The molecular formula is C11H13BrO2.